The van der Waals surface area contributed by atoms with Crippen LogP contribution in [-0.2, 0) is 9.84 Å². The maximum atomic E-state index is 12.9. The summed E-state index contributed by atoms with van der Waals surface area (Å²) in [6, 6.07) is 12.7. The van der Waals surface area contributed by atoms with Gasteiger partial charge in [-0.05, 0) is 55.5 Å². The second-order valence-corrected chi connectivity index (χ2v) is 7.89. The number of aromatic nitrogens is 1. The molecular formula is C17H14Cl2N2O3S. The van der Waals surface area contributed by atoms with Crippen molar-refractivity contribution in [2.24, 2.45) is 0 Å². The summed E-state index contributed by atoms with van der Waals surface area (Å²) < 4.78 is 31.5. The number of hydrogen-bond acceptors (Lipinski definition) is 5. The van der Waals surface area contributed by atoms with Crippen LogP contribution in [0.4, 0.5) is 5.88 Å². The summed E-state index contributed by atoms with van der Waals surface area (Å²) in [6.45, 7) is 2.32. The molecule has 0 radical (unpaired) electrons. The maximum absolute atomic E-state index is 12.9. The maximum Gasteiger partial charge on any atom is 0.233 e. The predicted octanol–water partition coefficient (Wildman–Crippen LogP) is 4.91. The first-order chi connectivity index (χ1) is 11.9. The van der Waals surface area contributed by atoms with Crippen LogP contribution < -0.4 is 5.32 Å². The summed E-state index contributed by atoms with van der Waals surface area (Å²) in [5.41, 5.74) is 0.626. The molecule has 0 unspecified atom stereocenters. The zero-order valence-electron chi connectivity index (χ0n) is 13.2. The highest BCUT2D eigenvalue weighted by atomic mass is 35.5. The van der Waals surface area contributed by atoms with Crippen molar-refractivity contribution in [1.82, 2.24) is 4.98 Å². The fraction of sp³-hybridized carbons (Fsp3) is 0.118. The zero-order valence-corrected chi connectivity index (χ0v) is 15.5. The van der Waals surface area contributed by atoms with Gasteiger partial charge < -0.3 is 9.73 Å². The molecule has 0 saturated heterocycles. The van der Waals surface area contributed by atoms with Gasteiger partial charge in [-0.15, -0.1) is 0 Å². The highest BCUT2D eigenvalue weighted by molar-refractivity contribution is 7.91. The molecule has 0 aliphatic rings. The number of hydrogen-bond donors (Lipinski definition) is 1. The van der Waals surface area contributed by atoms with Gasteiger partial charge in [-0.2, -0.15) is 4.98 Å². The van der Waals surface area contributed by atoms with E-state index in [2.05, 4.69) is 10.3 Å². The van der Waals surface area contributed by atoms with Gasteiger partial charge in [-0.1, -0.05) is 23.2 Å². The molecule has 0 fully saturated rings. The average molecular weight is 397 g/mol. The summed E-state index contributed by atoms with van der Waals surface area (Å²) in [5.74, 6) is 0.294. The molecule has 0 saturated carbocycles. The molecule has 0 aliphatic carbocycles. The van der Waals surface area contributed by atoms with E-state index in [1.54, 1.807) is 24.3 Å². The van der Waals surface area contributed by atoms with E-state index in [0.29, 0.717) is 22.2 Å². The van der Waals surface area contributed by atoms with Gasteiger partial charge in [-0.3, -0.25) is 0 Å². The van der Waals surface area contributed by atoms with Gasteiger partial charge in [0.25, 0.3) is 0 Å². The lowest BCUT2D eigenvalue weighted by Crippen LogP contribution is -2.07. The molecule has 3 rings (SSSR count). The van der Waals surface area contributed by atoms with Crippen molar-refractivity contribution in [2.45, 2.75) is 16.8 Å². The highest BCUT2D eigenvalue weighted by Gasteiger charge is 2.28. The molecule has 0 aliphatic heterocycles. The number of rotatable bonds is 5. The van der Waals surface area contributed by atoms with Gasteiger partial charge in [-0.25, -0.2) is 8.42 Å². The lowest BCUT2D eigenvalue weighted by molar-refractivity contribution is 0.578. The van der Waals surface area contributed by atoms with Crippen molar-refractivity contribution < 1.29 is 12.8 Å². The van der Waals surface area contributed by atoms with E-state index >= 15 is 0 Å². The van der Waals surface area contributed by atoms with E-state index in [0.717, 1.165) is 0 Å². The normalized spacial score (nSPS) is 11.5. The third-order valence-electron chi connectivity index (χ3n) is 3.40. The van der Waals surface area contributed by atoms with Crippen molar-refractivity contribution in [3.05, 3.63) is 58.6 Å². The van der Waals surface area contributed by atoms with Gasteiger partial charge in [0.2, 0.25) is 26.6 Å². The monoisotopic (exact) mass is 396 g/mol. The van der Waals surface area contributed by atoms with Crippen molar-refractivity contribution >= 4 is 38.9 Å². The predicted molar refractivity (Wildman–Crippen MR) is 98.0 cm³/mol. The Hall–Kier alpha value is -2.02. The Morgan fingerprint density at radius 3 is 2.12 bits per heavy atom. The lowest BCUT2D eigenvalue weighted by atomic mass is 10.2. The fourth-order valence-corrected chi connectivity index (χ4v) is 3.73. The Morgan fingerprint density at radius 2 is 1.56 bits per heavy atom. The van der Waals surface area contributed by atoms with Crippen LogP contribution >= 0.6 is 23.2 Å². The van der Waals surface area contributed by atoms with Gasteiger partial charge in [0.05, 0.1) is 4.90 Å². The fourth-order valence-electron chi connectivity index (χ4n) is 2.20. The van der Waals surface area contributed by atoms with E-state index in [9.17, 15) is 8.42 Å². The highest BCUT2D eigenvalue weighted by Crippen LogP contribution is 2.32. The molecule has 1 N–H and O–H groups in total. The Labute approximate surface area is 155 Å². The van der Waals surface area contributed by atoms with Crippen LogP contribution in [0.1, 0.15) is 6.92 Å². The minimum absolute atomic E-state index is 0.0898. The Bertz CT molecular complexity index is 982. The summed E-state index contributed by atoms with van der Waals surface area (Å²) in [6.07, 6.45) is 0. The molecule has 1 aromatic heterocycles. The minimum Gasteiger partial charge on any atom is -0.419 e. The molecule has 0 amide bonds. The van der Waals surface area contributed by atoms with Gasteiger partial charge in [0.1, 0.15) is 0 Å². The summed E-state index contributed by atoms with van der Waals surface area (Å²) in [5, 5.41) is 3.76. The average Bonchev–Trinajstić information content (AvgIpc) is 3.01. The Balaban J connectivity index is 2.11. The zero-order chi connectivity index (χ0) is 18.0. The van der Waals surface area contributed by atoms with Crippen molar-refractivity contribution in [2.75, 3.05) is 11.9 Å². The van der Waals surface area contributed by atoms with Crippen LogP contribution in [-0.4, -0.2) is 19.9 Å². The molecule has 0 atom stereocenters. The van der Waals surface area contributed by atoms with E-state index in [1.807, 2.05) is 6.92 Å². The Morgan fingerprint density at radius 1 is 1.00 bits per heavy atom. The first kappa shape index (κ1) is 17.8. The molecule has 2 aromatic carbocycles. The third-order valence-corrected chi connectivity index (χ3v) is 5.59. The smallest absolute Gasteiger partial charge is 0.233 e. The quantitative estimate of drug-likeness (QED) is 0.662. The number of halogens is 2. The number of benzene rings is 2. The number of oxazole rings is 1. The van der Waals surface area contributed by atoms with Gasteiger partial charge in [0, 0.05) is 22.2 Å². The Kier molecular flexibility index (Phi) is 5.03. The van der Waals surface area contributed by atoms with Crippen LogP contribution in [0.3, 0.4) is 0 Å². The molecule has 25 heavy (non-hydrogen) atoms. The van der Waals surface area contributed by atoms with Crippen LogP contribution in [0.5, 0.6) is 0 Å². The lowest BCUT2D eigenvalue weighted by Gasteiger charge is -2.04. The summed E-state index contributed by atoms with van der Waals surface area (Å²) in [4.78, 5) is 4.30. The number of nitrogens with zero attached hydrogens (tertiary/aromatic N) is 1. The second kappa shape index (κ2) is 7.07. The van der Waals surface area contributed by atoms with Crippen molar-refractivity contribution in [3.63, 3.8) is 0 Å². The van der Waals surface area contributed by atoms with E-state index in [1.165, 1.54) is 24.3 Å². The minimum atomic E-state index is -3.86. The first-order valence-electron chi connectivity index (χ1n) is 7.43. The van der Waals surface area contributed by atoms with Crippen LogP contribution in [0, 0.1) is 0 Å². The molecule has 130 valence electrons. The van der Waals surface area contributed by atoms with Gasteiger partial charge >= 0.3 is 0 Å². The molecule has 0 bridgehead atoms. The first-order valence-corrected chi connectivity index (χ1v) is 9.67. The van der Waals surface area contributed by atoms with Crippen LogP contribution in [0.25, 0.3) is 11.5 Å². The topological polar surface area (TPSA) is 72.2 Å². The van der Waals surface area contributed by atoms with E-state index in [-0.39, 0.29) is 21.7 Å². The number of sulfone groups is 1. The summed E-state index contributed by atoms with van der Waals surface area (Å²) in [7, 11) is -3.86. The number of anilines is 1. The van der Waals surface area contributed by atoms with Crippen LogP contribution in [0.2, 0.25) is 10.0 Å². The molecule has 8 heteroatoms. The van der Waals surface area contributed by atoms with Crippen molar-refractivity contribution in [1.29, 1.82) is 0 Å². The molecule has 1 heterocycles. The largest absolute Gasteiger partial charge is 0.419 e. The second-order valence-electron chi connectivity index (χ2n) is 5.15. The SMILES string of the molecule is CCNc1oc(-c2ccc(Cl)cc2)nc1S(=O)(=O)c1ccc(Cl)cc1. The van der Waals surface area contributed by atoms with E-state index < -0.39 is 9.84 Å². The summed E-state index contributed by atoms with van der Waals surface area (Å²) >= 11 is 11.7. The molecular weight excluding hydrogens is 383 g/mol. The number of nitrogens with one attached hydrogen (secondary N) is 1. The van der Waals surface area contributed by atoms with E-state index in [4.69, 9.17) is 27.6 Å². The molecule has 0 spiro atoms. The van der Waals surface area contributed by atoms with Crippen molar-refractivity contribution in [3.8, 4) is 11.5 Å². The third kappa shape index (κ3) is 3.66. The molecule has 3 aromatic rings. The van der Waals surface area contributed by atoms with Gasteiger partial charge in [0.15, 0.2) is 0 Å². The standard InChI is InChI=1S/C17H14Cl2N2O3S/c1-2-20-16-17(25(22,23)14-9-7-13(19)8-10-14)21-15(24-16)11-3-5-12(18)6-4-11/h3-10,20H,2H2,1H3. The van der Waals surface area contributed by atoms with Crippen LogP contribution in [0.15, 0.2) is 62.9 Å². The molecule has 5 nitrogen and oxygen atoms in total.